The van der Waals surface area contributed by atoms with Crippen LogP contribution in [0.25, 0.3) is 0 Å². The number of amides is 1. The van der Waals surface area contributed by atoms with Gasteiger partial charge in [-0.15, -0.1) is 0 Å². The number of morpholine rings is 1. The van der Waals surface area contributed by atoms with E-state index in [1.165, 1.54) is 5.56 Å². The van der Waals surface area contributed by atoms with Crippen molar-refractivity contribution >= 4 is 5.91 Å². The van der Waals surface area contributed by atoms with Crippen molar-refractivity contribution in [3.63, 3.8) is 0 Å². The summed E-state index contributed by atoms with van der Waals surface area (Å²) >= 11 is 0. The highest BCUT2D eigenvalue weighted by Gasteiger charge is 2.37. The first kappa shape index (κ1) is 18.0. The van der Waals surface area contributed by atoms with Crippen molar-refractivity contribution in [2.45, 2.75) is 19.0 Å². The average Bonchev–Trinajstić information content (AvgIpc) is 2.73. The van der Waals surface area contributed by atoms with Crippen LogP contribution >= 0.6 is 0 Å². The third-order valence-electron chi connectivity index (χ3n) is 5.38. The highest BCUT2D eigenvalue weighted by molar-refractivity contribution is 5.94. The summed E-state index contributed by atoms with van der Waals surface area (Å²) in [7, 11) is 0. The maximum atomic E-state index is 13.0. The van der Waals surface area contributed by atoms with E-state index in [0.29, 0.717) is 31.9 Å². The number of rotatable bonds is 4. The molecule has 4 rings (SSSR count). The molecule has 2 aromatic carbocycles. The first-order chi connectivity index (χ1) is 13.3. The van der Waals surface area contributed by atoms with E-state index in [0.717, 1.165) is 18.8 Å². The van der Waals surface area contributed by atoms with E-state index in [4.69, 9.17) is 9.47 Å². The van der Waals surface area contributed by atoms with Gasteiger partial charge in [0.1, 0.15) is 5.75 Å². The molecule has 142 valence electrons. The lowest BCUT2D eigenvalue weighted by molar-refractivity contribution is -0.0770. The number of benzene rings is 2. The quantitative estimate of drug-likeness (QED) is 0.834. The van der Waals surface area contributed by atoms with Crippen LogP contribution in [0.5, 0.6) is 5.75 Å². The monoisotopic (exact) mass is 366 g/mol. The minimum Gasteiger partial charge on any atom is -0.494 e. The van der Waals surface area contributed by atoms with Crippen molar-refractivity contribution in [1.29, 1.82) is 0 Å². The molecule has 5 nitrogen and oxygen atoms in total. The molecule has 2 aromatic rings. The molecule has 0 bridgehead atoms. The van der Waals surface area contributed by atoms with Crippen LogP contribution in [-0.2, 0) is 4.74 Å². The molecule has 2 aliphatic heterocycles. The predicted molar refractivity (Wildman–Crippen MR) is 104 cm³/mol. The minimum absolute atomic E-state index is 0.0676. The van der Waals surface area contributed by atoms with Crippen LogP contribution in [0.2, 0.25) is 0 Å². The fourth-order valence-corrected chi connectivity index (χ4v) is 4.06. The highest BCUT2D eigenvalue weighted by atomic mass is 16.5. The number of fused-ring (bicyclic) bond motifs is 1. The van der Waals surface area contributed by atoms with Crippen molar-refractivity contribution in [1.82, 2.24) is 9.80 Å². The second kappa shape index (κ2) is 8.11. The Bertz CT molecular complexity index is 780. The zero-order valence-electron chi connectivity index (χ0n) is 15.7. The van der Waals surface area contributed by atoms with Gasteiger partial charge >= 0.3 is 0 Å². The zero-order chi connectivity index (χ0) is 18.6. The van der Waals surface area contributed by atoms with Gasteiger partial charge in [-0.05, 0) is 30.7 Å². The Kier molecular flexibility index (Phi) is 5.41. The zero-order valence-corrected chi connectivity index (χ0v) is 15.7. The summed E-state index contributed by atoms with van der Waals surface area (Å²) in [5, 5.41) is 0. The number of ether oxygens (including phenoxy) is 2. The number of hydrogen-bond donors (Lipinski definition) is 0. The van der Waals surface area contributed by atoms with Crippen molar-refractivity contribution in [3.8, 4) is 5.75 Å². The van der Waals surface area contributed by atoms with Crippen LogP contribution in [0.3, 0.4) is 0 Å². The smallest absolute Gasteiger partial charge is 0.254 e. The molecule has 2 heterocycles. The number of hydrogen-bond acceptors (Lipinski definition) is 4. The fourth-order valence-electron chi connectivity index (χ4n) is 4.06. The van der Waals surface area contributed by atoms with E-state index in [1.54, 1.807) is 0 Å². The first-order valence-corrected chi connectivity index (χ1v) is 9.67. The molecular formula is C22H26N2O3. The molecule has 0 unspecified atom stereocenters. The Morgan fingerprint density at radius 3 is 2.78 bits per heavy atom. The van der Waals surface area contributed by atoms with E-state index < -0.39 is 0 Å². The Morgan fingerprint density at radius 2 is 1.96 bits per heavy atom. The van der Waals surface area contributed by atoms with E-state index >= 15 is 0 Å². The average molecular weight is 366 g/mol. The van der Waals surface area contributed by atoms with Gasteiger partial charge in [0.15, 0.2) is 0 Å². The Morgan fingerprint density at radius 1 is 1.11 bits per heavy atom. The summed E-state index contributed by atoms with van der Waals surface area (Å²) in [6.07, 6.45) is 0. The standard InChI is InChI=1S/C22H26N2O3/c1-2-27-20-10-6-9-18(13-20)22(25)23-11-12-24-19(14-23)15-26-16-21(24)17-7-4-3-5-8-17/h3-10,13,19,21H,2,11-12,14-16H2,1H3/t19-,21-/m1/s1. The molecular weight excluding hydrogens is 340 g/mol. The second-order valence-electron chi connectivity index (χ2n) is 7.07. The molecule has 0 N–H and O–H groups in total. The maximum Gasteiger partial charge on any atom is 0.254 e. The largest absolute Gasteiger partial charge is 0.494 e. The molecule has 0 aliphatic carbocycles. The number of piperazine rings is 1. The number of nitrogens with zero attached hydrogens (tertiary/aromatic N) is 2. The molecule has 2 saturated heterocycles. The SMILES string of the molecule is CCOc1cccc(C(=O)N2CCN3[C@@H](COC[C@@H]3c3ccccc3)C2)c1. The van der Waals surface area contributed by atoms with Crippen LogP contribution in [0, 0.1) is 0 Å². The molecule has 0 saturated carbocycles. The van der Waals surface area contributed by atoms with Gasteiger partial charge in [-0.25, -0.2) is 0 Å². The normalized spacial score (nSPS) is 22.9. The topological polar surface area (TPSA) is 42.0 Å². The lowest BCUT2D eigenvalue weighted by atomic mass is 10.00. The van der Waals surface area contributed by atoms with Crippen molar-refractivity contribution < 1.29 is 14.3 Å². The molecule has 0 radical (unpaired) electrons. The second-order valence-corrected chi connectivity index (χ2v) is 7.07. The summed E-state index contributed by atoms with van der Waals surface area (Å²) in [6, 6.07) is 18.5. The molecule has 2 fully saturated rings. The van der Waals surface area contributed by atoms with Crippen molar-refractivity contribution in [2.75, 3.05) is 39.5 Å². The van der Waals surface area contributed by atoms with E-state index in [-0.39, 0.29) is 18.0 Å². The molecule has 2 aliphatic rings. The molecule has 5 heteroatoms. The summed E-state index contributed by atoms with van der Waals surface area (Å²) in [6.45, 7) is 6.22. The first-order valence-electron chi connectivity index (χ1n) is 9.67. The van der Waals surface area contributed by atoms with E-state index in [2.05, 4.69) is 29.2 Å². The van der Waals surface area contributed by atoms with Gasteiger partial charge in [-0.1, -0.05) is 36.4 Å². The van der Waals surface area contributed by atoms with Gasteiger partial charge in [0.2, 0.25) is 0 Å². The van der Waals surface area contributed by atoms with Gasteiger partial charge in [0, 0.05) is 25.2 Å². The predicted octanol–water partition coefficient (Wildman–Crippen LogP) is 2.98. The van der Waals surface area contributed by atoms with Crippen LogP contribution in [0.4, 0.5) is 0 Å². The Balaban J connectivity index is 1.47. The van der Waals surface area contributed by atoms with Gasteiger partial charge < -0.3 is 14.4 Å². The maximum absolute atomic E-state index is 13.0. The van der Waals surface area contributed by atoms with Crippen LogP contribution in [0.1, 0.15) is 28.9 Å². The molecule has 2 atom stereocenters. The van der Waals surface area contributed by atoms with Gasteiger partial charge in [-0.3, -0.25) is 9.69 Å². The Labute approximate surface area is 160 Å². The van der Waals surface area contributed by atoms with Crippen LogP contribution in [-0.4, -0.2) is 61.2 Å². The molecule has 27 heavy (non-hydrogen) atoms. The summed E-state index contributed by atoms with van der Waals surface area (Å²) < 4.78 is 11.4. The van der Waals surface area contributed by atoms with Gasteiger partial charge in [0.05, 0.1) is 31.9 Å². The fraction of sp³-hybridized carbons (Fsp3) is 0.409. The van der Waals surface area contributed by atoms with Crippen molar-refractivity contribution in [3.05, 3.63) is 65.7 Å². The summed E-state index contributed by atoms with van der Waals surface area (Å²) in [5.74, 6) is 0.810. The third-order valence-corrected chi connectivity index (χ3v) is 5.38. The van der Waals surface area contributed by atoms with E-state index in [9.17, 15) is 4.79 Å². The molecule has 1 amide bonds. The lowest BCUT2D eigenvalue weighted by Gasteiger charge is -2.48. The highest BCUT2D eigenvalue weighted by Crippen LogP contribution is 2.30. The number of carbonyl (C=O) groups is 1. The molecule has 0 spiro atoms. The summed E-state index contributed by atoms with van der Waals surface area (Å²) in [4.78, 5) is 17.4. The van der Waals surface area contributed by atoms with E-state index in [1.807, 2.05) is 42.2 Å². The number of carbonyl (C=O) groups excluding carboxylic acids is 1. The van der Waals surface area contributed by atoms with Crippen LogP contribution in [0.15, 0.2) is 54.6 Å². The summed E-state index contributed by atoms with van der Waals surface area (Å²) in [5.41, 5.74) is 1.97. The minimum atomic E-state index is 0.0676. The third kappa shape index (κ3) is 3.84. The van der Waals surface area contributed by atoms with Crippen LogP contribution < -0.4 is 4.74 Å². The lowest BCUT2D eigenvalue weighted by Crippen LogP contribution is -2.60. The van der Waals surface area contributed by atoms with Gasteiger partial charge in [-0.2, -0.15) is 0 Å². The molecule has 0 aromatic heterocycles. The Hall–Kier alpha value is -2.37. The van der Waals surface area contributed by atoms with Crippen molar-refractivity contribution in [2.24, 2.45) is 0 Å². The van der Waals surface area contributed by atoms with Gasteiger partial charge in [0.25, 0.3) is 5.91 Å².